The topological polar surface area (TPSA) is 75.8 Å². The van der Waals surface area contributed by atoms with Crippen LogP contribution in [0, 0.1) is 0 Å². The van der Waals surface area contributed by atoms with Gasteiger partial charge in [-0.05, 0) is 45.8 Å². The normalized spacial score (nSPS) is 10.9. The highest BCUT2D eigenvalue weighted by atomic mass is 79.9. The van der Waals surface area contributed by atoms with Crippen molar-refractivity contribution in [3.05, 3.63) is 46.2 Å². The van der Waals surface area contributed by atoms with Gasteiger partial charge in [0.25, 0.3) is 0 Å². The molecule has 7 heteroatoms. The van der Waals surface area contributed by atoms with Crippen molar-refractivity contribution < 1.29 is 14.6 Å². The number of aromatic nitrogens is 1. The number of hydrogen-bond donors (Lipinski definition) is 2. The molecule has 0 aliphatic heterocycles. The first-order valence-corrected chi connectivity index (χ1v) is 7.29. The Kier molecular flexibility index (Phi) is 5.21. The third kappa shape index (κ3) is 3.88. The Labute approximate surface area is 136 Å². The van der Waals surface area contributed by atoms with Gasteiger partial charge in [0, 0.05) is 18.9 Å². The Morgan fingerprint density at radius 1 is 1.55 bits per heavy atom. The summed E-state index contributed by atoms with van der Waals surface area (Å²) in [6.07, 6.45) is 3.62. The number of nitrogens with one attached hydrogen (secondary N) is 1. The number of ether oxygens (including phenoxy) is 1. The molecule has 0 saturated carbocycles. The first kappa shape index (κ1) is 16.1. The van der Waals surface area contributed by atoms with E-state index in [-0.39, 0.29) is 18.1 Å². The molecule has 0 aliphatic carbocycles. The van der Waals surface area contributed by atoms with Crippen LogP contribution in [0.2, 0.25) is 0 Å². The SMILES string of the molecule is COc1cc(/C=N\NC(=O)Cc2cccn2C)cc(Br)c1O. The average Bonchev–Trinajstić information content (AvgIpc) is 2.87. The van der Waals surface area contributed by atoms with Crippen LogP contribution in [0.4, 0.5) is 0 Å². The van der Waals surface area contributed by atoms with Crippen molar-refractivity contribution in [1.82, 2.24) is 9.99 Å². The zero-order chi connectivity index (χ0) is 16.1. The molecular weight excluding hydrogens is 350 g/mol. The maximum Gasteiger partial charge on any atom is 0.245 e. The van der Waals surface area contributed by atoms with Gasteiger partial charge < -0.3 is 14.4 Å². The number of nitrogens with zero attached hydrogens (tertiary/aromatic N) is 2. The predicted octanol–water partition coefficient (Wildman–Crippen LogP) is 2.19. The molecule has 1 aromatic carbocycles. The van der Waals surface area contributed by atoms with Gasteiger partial charge in [0.2, 0.25) is 5.91 Å². The van der Waals surface area contributed by atoms with Gasteiger partial charge in [0.1, 0.15) is 0 Å². The van der Waals surface area contributed by atoms with Crippen LogP contribution in [0.5, 0.6) is 11.5 Å². The lowest BCUT2D eigenvalue weighted by Crippen LogP contribution is -2.20. The van der Waals surface area contributed by atoms with E-state index in [0.717, 1.165) is 5.69 Å². The number of hydrogen-bond acceptors (Lipinski definition) is 4. The summed E-state index contributed by atoms with van der Waals surface area (Å²) in [5, 5.41) is 13.6. The molecule has 2 N–H and O–H groups in total. The summed E-state index contributed by atoms with van der Waals surface area (Å²) in [5.74, 6) is 0.140. The third-order valence-corrected chi connectivity index (χ3v) is 3.67. The molecule has 0 atom stereocenters. The Balaban J connectivity index is 1.99. The molecule has 0 aliphatic rings. The Morgan fingerprint density at radius 2 is 2.32 bits per heavy atom. The van der Waals surface area contributed by atoms with Crippen molar-refractivity contribution >= 4 is 28.1 Å². The fourth-order valence-corrected chi connectivity index (χ4v) is 2.35. The average molecular weight is 366 g/mol. The number of hydrazone groups is 1. The molecule has 22 heavy (non-hydrogen) atoms. The number of carbonyl (C=O) groups is 1. The molecule has 0 spiro atoms. The molecule has 0 radical (unpaired) electrons. The van der Waals surface area contributed by atoms with Crippen LogP contribution in [-0.4, -0.2) is 28.9 Å². The monoisotopic (exact) mass is 365 g/mol. The highest BCUT2D eigenvalue weighted by Crippen LogP contribution is 2.34. The lowest BCUT2D eigenvalue weighted by Gasteiger charge is -2.06. The molecule has 6 nitrogen and oxygen atoms in total. The summed E-state index contributed by atoms with van der Waals surface area (Å²) in [5.41, 5.74) is 4.05. The first-order chi connectivity index (χ1) is 10.5. The van der Waals surface area contributed by atoms with Crippen LogP contribution in [0.3, 0.4) is 0 Å². The fraction of sp³-hybridized carbons (Fsp3) is 0.200. The van der Waals surface area contributed by atoms with E-state index in [1.165, 1.54) is 13.3 Å². The number of aromatic hydroxyl groups is 1. The molecule has 1 aromatic heterocycles. The van der Waals surface area contributed by atoms with E-state index in [0.29, 0.717) is 15.8 Å². The molecule has 2 rings (SSSR count). The number of phenolic OH excluding ortho intramolecular Hbond substituents is 1. The second-order valence-electron chi connectivity index (χ2n) is 4.63. The van der Waals surface area contributed by atoms with E-state index in [9.17, 15) is 9.90 Å². The van der Waals surface area contributed by atoms with Crippen molar-refractivity contribution in [2.75, 3.05) is 7.11 Å². The van der Waals surface area contributed by atoms with Gasteiger partial charge in [-0.3, -0.25) is 4.79 Å². The van der Waals surface area contributed by atoms with Gasteiger partial charge in [0.05, 0.1) is 24.2 Å². The number of phenols is 1. The summed E-state index contributed by atoms with van der Waals surface area (Å²) >= 11 is 3.22. The highest BCUT2D eigenvalue weighted by Gasteiger charge is 2.08. The van der Waals surface area contributed by atoms with Crippen molar-refractivity contribution in [3.8, 4) is 11.5 Å². The van der Waals surface area contributed by atoms with Crippen molar-refractivity contribution in [3.63, 3.8) is 0 Å². The standard InChI is InChI=1S/C15H16BrN3O3/c1-19-5-3-4-11(19)8-14(20)18-17-9-10-6-12(16)15(21)13(7-10)22-2/h3-7,9,21H,8H2,1-2H3,(H,18,20)/b17-9-. The van der Waals surface area contributed by atoms with Gasteiger partial charge in [-0.1, -0.05) is 0 Å². The van der Waals surface area contributed by atoms with E-state index in [1.54, 1.807) is 12.1 Å². The van der Waals surface area contributed by atoms with Crippen LogP contribution in [0.1, 0.15) is 11.3 Å². The minimum atomic E-state index is -0.206. The number of halogens is 1. The van der Waals surface area contributed by atoms with Crippen LogP contribution in [0.15, 0.2) is 40.0 Å². The number of rotatable bonds is 5. The van der Waals surface area contributed by atoms with E-state index in [2.05, 4.69) is 26.5 Å². The van der Waals surface area contributed by atoms with Crippen molar-refractivity contribution in [2.45, 2.75) is 6.42 Å². The van der Waals surface area contributed by atoms with Crippen LogP contribution in [0.25, 0.3) is 0 Å². The number of methoxy groups -OCH3 is 1. The maximum atomic E-state index is 11.8. The molecule has 0 saturated heterocycles. The summed E-state index contributed by atoms with van der Waals surface area (Å²) < 4.78 is 7.41. The molecule has 0 bridgehead atoms. The van der Waals surface area contributed by atoms with Gasteiger partial charge >= 0.3 is 0 Å². The maximum absolute atomic E-state index is 11.8. The molecule has 2 aromatic rings. The number of aryl methyl sites for hydroxylation is 1. The summed E-state index contributed by atoms with van der Waals surface area (Å²) in [4.78, 5) is 11.8. The van der Waals surface area contributed by atoms with E-state index in [1.807, 2.05) is 29.9 Å². The van der Waals surface area contributed by atoms with E-state index in [4.69, 9.17) is 4.74 Å². The quantitative estimate of drug-likeness (QED) is 0.629. The van der Waals surface area contributed by atoms with Gasteiger partial charge in [-0.2, -0.15) is 5.10 Å². The zero-order valence-corrected chi connectivity index (χ0v) is 13.8. The van der Waals surface area contributed by atoms with Crippen LogP contribution >= 0.6 is 15.9 Å². The van der Waals surface area contributed by atoms with Crippen molar-refractivity contribution in [1.29, 1.82) is 0 Å². The zero-order valence-electron chi connectivity index (χ0n) is 12.2. The lowest BCUT2D eigenvalue weighted by atomic mass is 10.2. The second-order valence-corrected chi connectivity index (χ2v) is 5.49. The minimum Gasteiger partial charge on any atom is -0.503 e. The Morgan fingerprint density at radius 3 is 2.95 bits per heavy atom. The highest BCUT2D eigenvalue weighted by molar-refractivity contribution is 9.10. The van der Waals surface area contributed by atoms with E-state index < -0.39 is 0 Å². The molecule has 0 fully saturated rings. The first-order valence-electron chi connectivity index (χ1n) is 6.50. The minimum absolute atomic E-state index is 0.0207. The Bertz CT molecular complexity index is 710. The number of amides is 1. The van der Waals surface area contributed by atoms with Gasteiger partial charge in [0.15, 0.2) is 11.5 Å². The molecule has 0 unspecified atom stereocenters. The second kappa shape index (κ2) is 7.13. The molecule has 1 heterocycles. The summed E-state index contributed by atoms with van der Waals surface area (Å²) in [6.45, 7) is 0. The van der Waals surface area contributed by atoms with Crippen LogP contribution < -0.4 is 10.2 Å². The smallest absolute Gasteiger partial charge is 0.245 e. The van der Waals surface area contributed by atoms with Crippen molar-refractivity contribution in [2.24, 2.45) is 12.1 Å². The third-order valence-electron chi connectivity index (χ3n) is 3.07. The lowest BCUT2D eigenvalue weighted by molar-refractivity contribution is -0.120. The molecular formula is C15H16BrN3O3. The van der Waals surface area contributed by atoms with Gasteiger partial charge in [-0.15, -0.1) is 0 Å². The van der Waals surface area contributed by atoms with Crippen LogP contribution in [-0.2, 0) is 18.3 Å². The van der Waals surface area contributed by atoms with Gasteiger partial charge in [-0.25, -0.2) is 5.43 Å². The number of benzene rings is 1. The summed E-state index contributed by atoms with van der Waals surface area (Å²) in [6, 6.07) is 7.05. The van der Waals surface area contributed by atoms with E-state index >= 15 is 0 Å². The largest absolute Gasteiger partial charge is 0.503 e. The molecule has 1 amide bonds. The summed E-state index contributed by atoms with van der Waals surface area (Å²) in [7, 11) is 3.34. The predicted molar refractivity (Wildman–Crippen MR) is 87.2 cm³/mol. The Hall–Kier alpha value is -2.28. The molecule has 116 valence electrons. The fourth-order valence-electron chi connectivity index (χ4n) is 1.89. The number of carbonyl (C=O) groups excluding carboxylic acids is 1.